The minimum atomic E-state index is -1.30. The highest BCUT2D eigenvalue weighted by atomic mass is 19.1. The van der Waals surface area contributed by atoms with E-state index in [4.69, 9.17) is 0 Å². The summed E-state index contributed by atoms with van der Waals surface area (Å²) in [6.07, 6.45) is 0.210. The Morgan fingerprint density at radius 1 is 1.43 bits per heavy atom. The van der Waals surface area contributed by atoms with E-state index in [1.807, 2.05) is 0 Å². The van der Waals surface area contributed by atoms with E-state index in [-0.39, 0.29) is 12.0 Å². The Labute approximate surface area is 120 Å². The van der Waals surface area contributed by atoms with Gasteiger partial charge in [0.25, 0.3) is 11.6 Å². The Morgan fingerprint density at radius 3 is 2.43 bits per heavy atom. The monoisotopic (exact) mass is 300 g/mol. The Kier molecular flexibility index (Phi) is 5.34. The summed E-state index contributed by atoms with van der Waals surface area (Å²) in [5.41, 5.74) is -2.25. The van der Waals surface area contributed by atoms with E-state index in [0.29, 0.717) is 0 Å². The molecule has 0 fully saturated rings. The molecule has 1 rings (SSSR count). The summed E-state index contributed by atoms with van der Waals surface area (Å²) < 4.78 is 14.0. The van der Waals surface area contributed by atoms with E-state index in [9.17, 15) is 29.5 Å². The maximum atomic E-state index is 14.0. The van der Waals surface area contributed by atoms with E-state index in [1.54, 1.807) is 6.92 Å². The Bertz CT molecular complexity index is 549. The highest BCUT2D eigenvalue weighted by Crippen LogP contribution is 2.22. The van der Waals surface area contributed by atoms with Crippen LogP contribution in [0.2, 0.25) is 0 Å². The van der Waals surface area contributed by atoms with Gasteiger partial charge in [-0.25, -0.2) is 4.39 Å². The van der Waals surface area contributed by atoms with Crippen LogP contribution in [0.4, 0.5) is 10.1 Å². The van der Waals surface area contributed by atoms with Crippen LogP contribution >= 0.6 is 0 Å². The van der Waals surface area contributed by atoms with Crippen LogP contribution in [-0.4, -0.2) is 39.8 Å². The maximum Gasteiger partial charge on any atom is 0.270 e. The summed E-state index contributed by atoms with van der Waals surface area (Å²) in [5, 5.41) is 31.6. The molecule has 0 radical (unpaired) electrons. The van der Waals surface area contributed by atoms with Gasteiger partial charge in [-0.05, 0) is 18.9 Å². The molecule has 0 saturated heterocycles. The van der Waals surface area contributed by atoms with Crippen LogP contribution in [0.15, 0.2) is 12.1 Å². The molecule has 1 aromatic rings. The number of halogens is 1. The number of benzene rings is 1. The summed E-state index contributed by atoms with van der Waals surface area (Å²) in [6, 6.07) is 1.85. The molecule has 0 aliphatic carbocycles. The van der Waals surface area contributed by atoms with Gasteiger partial charge < -0.3 is 15.5 Å². The number of aryl methyl sites for hydroxylation is 1. The normalized spacial score (nSPS) is 11.3. The predicted molar refractivity (Wildman–Crippen MR) is 72.5 cm³/mol. The zero-order valence-electron chi connectivity index (χ0n) is 11.7. The standard InChI is InChI=1S/C13H17FN2O5/c1-3-13(6-17,7-18)15-12(19)10-5-9(16(20)21)4-8(2)11(10)14/h4-5,17-18H,3,6-7H2,1-2H3,(H,15,19). The third-order valence-corrected chi connectivity index (χ3v) is 3.36. The van der Waals surface area contributed by atoms with Crippen molar-refractivity contribution in [3.05, 3.63) is 39.2 Å². The number of nitrogens with one attached hydrogen (secondary N) is 1. The van der Waals surface area contributed by atoms with Crippen molar-refractivity contribution in [1.82, 2.24) is 5.32 Å². The molecular formula is C13H17FN2O5. The second-order valence-corrected chi connectivity index (χ2v) is 4.79. The summed E-state index contributed by atoms with van der Waals surface area (Å²) in [6.45, 7) is 1.86. The fourth-order valence-corrected chi connectivity index (χ4v) is 1.77. The maximum absolute atomic E-state index is 14.0. The number of aliphatic hydroxyl groups is 2. The van der Waals surface area contributed by atoms with Crippen molar-refractivity contribution in [2.75, 3.05) is 13.2 Å². The van der Waals surface area contributed by atoms with Gasteiger partial charge in [0.2, 0.25) is 0 Å². The molecule has 7 nitrogen and oxygen atoms in total. The fraction of sp³-hybridized carbons (Fsp3) is 0.462. The van der Waals surface area contributed by atoms with Gasteiger partial charge in [0, 0.05) is 12.1 Å². The first-order chi connectivity index (χ1) is 9.80. The van der Waals surface area contributed by atoms with Crippen molar-refractivity contribution >= 4 is 11.6 Å². The van der Waals surface area contributed by atoms with Gasteiger partial charge in [-0.3, -0.25) is 14.9 Å². The van der Waals surface area contributed by atoms with Gasteiger partial charge in [-0.2, -0.15) is 0 Å². The first-order valence-electron chi connectivity index (χ1n) is 6.29. The van der Waals surface area contributed by atoms with Crippen molar-refractivity contribution in [3.8, 4) is 0 Å². The van der Waals surface area contributed by atoms with Gasteiger partial charge in [0.05, 0.1) is 29.2 Å². The summed E-state index contributed by atoms with van der Waals surface area (Å²) in [4.78, 5) is 22.1. The van der Waals surface area contributed by atoms with Gasteiger partial charge in [-0.1, -0.05) is 6.92 Å². The van der Waals surface area contributed by atoms with E-state index in [0.717, 1.165) is 12.1 Å². The highest BCUT2D eigenvalue weighted by Gasteiger charge is 2.30. The minimum absolute atomic E-state index is 0.0376. The van der Waals surface area contributed by atoms with E-state index in [2.05, 4.69) is 5.32 Å². The molecule has 1 amide bonds. The number of nitro benzene ring substituents is 1. The second kappa shape index (κ2) is 6.59. The molecule has 1 aromatic carbocycles. The van der Waals surface area contributed by atoms with Crippen molar-refractivity contribution in [1.29, 1.82) is 0 Å². The molecule has 0 saturated carbocycles. The number of amides is 1. The molecule has 0 aliphatic heterocycles. The molecular weight excluding hydrogens is 283 g/mol. The lowest BCUT2D eigenvalue weighted by molar-refractivity contribution is -0.385. The molecule has 21 heavy (non-hydrogen) atoms. The van der Waals surface area contributed by atoms with Crippen molar-refractivity contribution in [3.63, 3.8) is 0 Å². The molecule has 0 atom stereocenters. The molecule has 0 aliphatic rings. The quantitative estimate of drug-likeness (QED) is 0.534. The topological polar surface area (TPSA) is 113 Å². The Balaban J connectivity index is 3.21. The molecule has 0 heterocycles. The van der Waals surface area contributed by atoms with E-state index >= 15 is 0 Å². The van der Waals surface area contributed by atoms with E-state index in [1.165, 1.54) is 6.92 Å². The van der Waals surface area contributed by atoms with Gasteiger partial charge in [0.15, 0.2) is 0 Å². The van der Waals surface area contributed by atoms with Crippen LogP contribution in [-0.2, 0) is 0 Å². The zero-order valence-corrected chi connectivity index (χ0v) is 11.7. The first-order valence-corrected chi connectivity index (χ1v) is 6.29. The number of hydrogen-bond acceptors (Lipinski definition) is 5. The number of rotatable bonds is 6. The van der Waals surface area contributed by atoms with Gasteiger partial charge >= 0.3 is 0 Å². The molecule has 0 aromatic heterocycles. The molecule has 0 bridgehead atoms. The molecule has 116 valence electrons. The lowest BCUT2D eigenvalue weighted by Gasteiger charge is -2.29. The third kappa shape index (κ3) is 3.53. The molecule has 8 heteroatoms. The zero-order chi connectivity index (χ0) is 16.2. The average Bonchev–Trinajstić information content (AvgIpc) is 2.47. The number of nitro groups is 1. The van der Waals surface area contributed by atoms with Gasteiger partial charge in [-0.15, -0.1) is 0 Å². The number of aliphatic hydroxyl groups excluding tert-OH is 2. The fourth-order valence-electron chi connectivity index (χ4n) is 1.77. The SMILES string of the molecule is CCC(CO)(CO)NC(=O)c1cc([N+](=O)[O-])cc(C)c1F. The van der Waals surface area contributed by atoms with Crippen LogP contribution in [0.3, 0.4) is 0 Å². The number of non-ortho nitro benzene ring substituents is 1. The Hall–Kier alpha value is -2.06. The number of hydrogen-bond donors (Lipinski definition) is 3. The Morgan fingerprint density at radius 2 is 2.00 bits per heavy atom. The van der Waals surface area contributed by atoms with Crippen molar-refractivity contribution in [2.45, 2.75) is 25.8 Å². The number of carbonyl (C=O) groups is 1. The van der Waals surface area contributed by atoms with Gasteiger partial charge in [0.1, 0.15) is 5.82 Å². The largest absolute Gasteiger partial charge is 0.394 e. The van der Waals surface area contributed by atoms with Crippen LogP contribution in [0.5, 0.6) is 0 Å². The highest BCUT2D eigenvalue weighted by molar-refractivity contribution is 5.96. The lowest BCUT2D eigenvalue weighted by Crippen LogP contribution is -2.54. The van der Waals surface area contributed by atoms with Crippen LogP contribution in [0, 0.1) is 22.9 Å². The van der Waals surface area contributed by atoms with E-state index < -0.39 is 46.7 Å². The van der Waals surface area contributed by atoms with Crippen molar-refractivity contribution in [2.24, 2.45) is 0 Å². The molecule has 0 unspecified atom stereocenters. The molecule has 0 spiro atoms. The lowest BCUT2D eigenvalue weighted by atomic mass is 9.97. The predicted octanol–water partition coefficient (Wildman–Crippen LogP) is 0.906. The third-order valence-electron chi connectivity index (χ3n) is 3.36. The average molecular weight is 300 g/mol. The number of carbonyl (C=O) groups excluding carboxylic acids is 1. The first kappa shape index (κ1) is 17.0. The number of nitrogens with zero attached hydrogens (tertiary/aromatic N) is 1. The molecule has 3 N–H and O–H groups in total. The smallest absolute Gasteiger partial charge is 0.270 e. The summed E-state index contributed by atoms with van der Waals surface area (Å²) in [7, 11) is 0. The van der Waals surface area contributed by atoms with Crippen LogP contribution < -0.4 is 5.32 Å². The summed E-state index contributed by atoms with van der Waals surface area (Å²) >= 11 is 0. The minimum Gasteiger partial charge on any atom is -0.394 e. The second-order valence-electron chi connectivity index (χ2n) is 4.79. The summed E-state index contributed by atoms with van der Waals surface area (Å²) in [5.74, 6) is -1.80. The van der Waals surface area contributed by atoms with Crippen LogP contribution in [0.25, 0.3) is 0 Å². The van der Waals surface area contributed by atoms with Crippen molar-refractivity contribution < 1.29 is 24.3 Å². The van der Waals surface area contributed by atoms with Crippen LogP contribution in [0.1, 0.15) is 29.3 Å².